The van der Waals surface area contributed by atoms with Crippen molar-refractivity contribution in [1.29, 1.82) is 0 Å². The third kappa shape index (κ3) is 2.03. The maximum atomic E-state index is 5.86. The molecule has 0 radical (unpaired) electrons. The van der Waals surface area contributed by atoms with E-state index in [1.807, 2.05) is 26.2 Å². The Morgan fingerprint density at radius 1 is 1.36 bits per heavy atom. The van der Waals surface area contributed by atoms with Gasteiger partial charge < -0.3 is 9.64 Å². The Bertz CT molecular complexity index is 334. The standard InChI is InChI=1S/C11H14BrNO/c1-13(2)10-5-3-4-9(12)11(10)14-8-6-7-8/h3-5,8H,6-7H2,1-2H3. The van der Waals surface area contributed by atoms with Gasteiger partial charge in [-0.15, -0.1) is 0 Å². The summed E-state index contributed by atoms with van der Waals surface area (Å²) < 4.78 is 6.90. The number of ether oxygens (including phenoxy) is 1. The lowest BCUT2D eigenvalue weighted by Crippen LogP contribution is -2.11. The van der Waals surface area contributed by atoms with Gasteiger partial charge in [-0.1, -0.05) is 6.07 Å². The normalized spacial score (nSPS) is 15.4. The first-order valence-corrected chi connectivity index (χ1v) is 5.60. The fraction of sp³-hybridized carbons (Fsp3) is 0.455. The molecule has 0 N–H and O–H groups in total. The Labute approximate surface area is 93.0 Å². The second-order valence-corrected chi connectivity index (χ2v) is 4.65. The highest BCUT2D eigenvalue weighted by molar-refractivity contribution is 9.10. The first-order chi connectivity index (χ1) is 6.68. The van der Waals surface area contributed by atoms with E-state index in [-0.39, 0.29) is 0 Å². The zero-order chi connectivity index (χ0) is 10.1. The summed E-state index contributed by atoms with van der Waals surface area (Å²) in [6.07, 6.45) is 2.81. The third-order valence-corrected chi connectivity index (χ3v) is 2.86. The zero-order valence-electron chi connectivity index (χ0n) is 8.46. The Kier molecular flexibility index (Phi) is 2.68. The van der Waals surface area contributed by atoms with Crippen LogP contribution in [0.1, 0.15) is 12.8 Å². The maximum absolute atomic E-state index is 5.86. The molecule has 0 spiro atoms. The predicted octanol–water partition coefficient (Wildman–Crippen LogP) is 3.06. The van der Waals surface area contributed by atoms with Gasteiger partial charge in [-0.3, -0.25) is 0 Å². The van der Waals surface area contributed by atoms with Crippen molar-refractivity contribution in [1.82, 2.24) is 0 Å². The van der Waals surface area contributed by atoms with E-state index in [1.165, 1.54) is 12.8 Å². The van der Waals surface area contributed by atoms with E-state index in [0.29, 0.717) is 6.10 Å². The molecule has 0 amide bonds. The topological polar surface area (TPSA) is 12.5 Å². The molecule has 1 aromatic rings. The lowest BCUT2D eigenvalue weighted by molar-refractivity contribution is 0.302. The van der Waals surface area contributed by atoms with Gasteiger partial charge in [0.05, 0.1) is 16.3 Å². The molecule has 2 nitrogen and oxygen atoms in total. The minimum Gasteiger partial charge on any atom is -0.487 e. The first-order valence-electron chi connectivity index (χ1n) is 4.81. The van der Waals surface area contributed by atoms with Crippen LogP contribution in [0, 0.1) is 0 Å². The number of hydrogen-bond acceptors (Lipinski definition) is 2. The summed E-state index contributed by atoms with van der Waals surface area (Å²) in [5, 5.41) is 0. The first kappa shape index (κ1) is 9.84. The van der Waals surface area contributed by atoms with E-state index in [0.717, 1.165) is 15.9 Å². The average molecular weight is 256 g/mol. The summed E-state index contributed by atoms with van der Waals surface area (Å²) in [6.45, 7) is 0. The summed E-state index contributed by atoms with van der Waals surface area (Å²) in [4.78, 5) is 2.07. The highest BCUT2D eigenvalue weighted by Crippen LogP contribution is 2.38. The fourth-order valence-corrected chi connectivity index (χ4v) is 1.77. The SMILES string of the molecule is CN(C)c1cccc(Br)c1OC1CC1. The molecule has 2 rings (SSSR count). The molecule has 0 saturated heterocycles. The van der Waals surface area contributed by atoms with Crippen LogP contribution in [0.2, 0.25) is 0 Å². The van der Waals surface area contributed by atoms with Crippen molar-refractivity contribution in [3.63, 3.8) is 0 Å². The lowest BCUT2D eigenvalue weighted by Gasteiger charge is -2.18. The number of halogens is 1. The molecule has 1 aromatic carbocycles. The molecular weight excluding hydrogens is 242 g/mol. The van der Waals surface area contributed by atoms with Crippen LogP contribution in [0.4, 0.5) is 5.69 Å². The predicted molar refractivity (Wildman–Crippen MR) is 62.1 cm³/mol. The molecule has 1 aliphatic carbocycles. The molecule has 1 aliphatic rings. The Morgan fingerprint density at radius 2 is 2.07 bits per heavy atom. The van der Waals surface area contributed by atoms with E-state index in [2.05, 4.69) is 26.9 Å². The van der Waals surface area contributed by atoms with Crippen molar-refractivity contribution in [2.75, 3.05) is 19.0 Å². The summed E-state index contributed by atoms with van der Waals surface area (Å²) >= 11 is 3.52. The molecule has 0 aromatic heterocycles. The smallest absolute Gasteiger partial charge is 0.157 e. The molecule has 0 heterocycles. The van der Waals surface area contributed by atoms with E-state index >= 15 is 0 Å². The minimum atomic E-state index is 0.437. The number of rotatable bonds is 3. The molecule has 76 valence electrons. The van der Waals surface area contributed by atoms with Crippen LogP contribution in [-0.4, -0.2) is 20.2 Å². The number of hydrogen-bond donors (Lipinski definition) is 0. The van der Waals surface area contributed by atoms with Crippen molar-refractivity contribution in [2.24, 2.45) is 0 Å². The number of benzene rings is 1. The van der Waals surface area contributed by atoms with Crippen LogP contribution in [0.15, 0.2) is 22.7 Å². The van der Waals surface area contributed by atoms with Gasteiger partial charge in [-0.2, -0.15) is 0 Å². The molecule has 14 heavy (non-hydrogen) atoms. The summed E-state index contributed by atoms with van der Waals surface area (Å²) in [7, 11) is 4.06. The van der Waals surface area contributed by atoms with E-state index < -0.39 is 0 Å². The van der Waals surface area contributed by atoms with Crippen LogP contribution in [0.5, 0.6) is 5.75 Å². The monoisotopic (exact) mass is 255 g/mol. The second kappa shape index (κ2) is 3.81. The van der Waals surface area contributed by atoms with E-state index in [9.17, 15) is 0 Å². The van der Waals surface area contributed by atoms with Crippen molar-refractivity contribution < 1.29 is 4.74 Å². The molecule has 0 unspecified atom stereocenters. The minimum absolute atomic E-state index is 0.437. The van der Waals surface area contributed by atoms with Crippen LogP contribution >= 0.6 is 15.9 Å². The fourth-order valence-electron chi connectivity index (χ4n) is 1.32. The van der Waals surface area contributed by atoms with Gasteiger partial charge in [-0.25, -0.2) is 0 Å². The van der Waals surface area contributed by atoms with Gasteiger partial charge in [0.15, 0.2) is 5.75 Å². The van der Waals surface area contributed by atoms with Crippen molar-refractivity contribution in [2.45, 2.75) is 18.9 Å². The molecule has 0 bridgehead atoms. The molecule has 1 saturated carbocycles. The second-order valence-electron chi connectivity index (χ2n) is 3.80. The van der Waals surface area contributed by atoms with E-state index in [4.69, 9.17) is 4.74 Å². The number of anilines is 1. The van der Waals surface area contributed by atoms with Crippen LogP contribution in [0.25, 0.3) is 0 Å². The van der Waals surface area contributed by atoms with Crippen molar-refractivity contribution in [3.05, 3.63) is 22.7 Å². The number of para-hydroxylation sites is 1. The largest absolute Gasteiger partial charge is 0.487 e. The van der Waals surface area contributed by atoms with Gasteiger partial charge in [0.25, 0.3) is 0 Å². The molecule has 0 atom stereocenters. The van der Waals surface area contributed by atoms with Crippen molar-refractivity contribution >= 4 is 21.6 Å². The van der Waals surface area contributed by atoms with Gasteiger partial charge in [0.2, 0.25) is 0 Å². The zero-order valence-corrected chi connectivity index (χ0v) is 10.0. The average Bonchev–Trinajstić information content (AvgIpc) is 2.91. The van der Waals surface area contributed by atoms with Gasteiger partial charge >= 0.3 is 0 Å². The van der Waals surface area contributed by atoms with Crippen molar-refractivity contribution in [3.8, 4) is 5.75 Å². The van der Waals surface area contributed by atoms with E-state index in [1.54, 1.807) is 0 Å². The maximum Gasteiger partial charge on any atom is 0.157 e. The van der Waals surface area contributed by atoms with Crippen LogP contribution in [-0.2, 0) is 0 Å². The Morgan fingerprint density at radius 3 is 2.64 bits per heavy atom. The Balaban J connectivity index is 2.31. The molecule has 3 heteroatoms. The summed E-state index contributed by atoms with van der Waals surface area (Å²) in [6, 6.07) is 6.12. The highest BCUT2D eigenvalue weighted by Gasteiger charge is 2.25. The van der Waals surface area contributed by atoms with Crippen LogP contribution < -0.4 is 9.64 Å². The van der Waals surface area contributed by atoms with Gasteiger partial charge in [0, 0.05) is 14.1 Å². The molecule has 1 fully saturated rings. The summed E-state index contributed by atoms with van der Waals surface area (Å²) in [5.41, 5.74) is 1.13. The van der Waals surface area contributed by atoms with Crippen LogP contribution in [0.3, 0.4) is 0 Å². The lowest BCUT2D eigenvalue weighted by atomic mass is 10.3. The molecule has 0 aliphatic heterocycles. The van der Waals surface area contributed by atoms with Gasteiger partial charge in [0.1, 0.15) is 0 Å². The highest BCUT2D eigenvalue weighted by atomic mass is 79.9. The quantitative estimate of drug-likeness (QED) is 0.824. The summed E-state index contributed by atoms with van der Waals surface area (Å²) in [5.74, 6) is 0.972. The third-order valence-electron chi connectivity index (χ3n) is 2.24. The van der Waals surface area contributed by atoms with Gasteiger partial charge in [-0.05, 0) is 40.9 Å². The Hall–Kier alpha value is -0.700. The number of nitrogens with zero attached hydrogens (tertiary/aromatic N) is 1. The molecular formula is C11H14BrNO.